The van der Waals surface area contributed by atoms with Gasteiger partial charge in [0.05, 0.1) is 12.1 Å². The minimum atomic E-state index is -3.76. The number of hydrogen-bond donors (Lipinski definition) is 2. The zero-order valence-electron chi connectivity index (χ0n) is 11.5. The number of aryl methyl sites for hydroxylation is 2. The summed E-state index contributed by atoms with van der Waals surface area (Å²) in [6, 6.07) is 3.62. The van der Waals surface area contributed by atoms with E-state index < -0.39 is 16.2 Å². The summed E-state index contributed by atoms with van der Waals surface area (Å²) < 4.78 is 28.6. The standard InChI is InChI=1S/C12H17BrN2O4S/c1-8-6-10(13)7-9(2)12(8)14-20(18,19)15(3)5-4-11(16)17/h6-7,14H,4-5H2,1-3H3,(H,16,17). The van der Waals surface area contributed by atoms with Crippen LogP contribution >= 0.6 is 15.9 Å². The van der Waals surface area contributed by atoms with Gasteiger partial charge in [0.1, 0.15) is 0 Å². The van der Waals surface area contributed by atoms with E-state index in [0.717, 1.165) is 19.9 Å². The van der Waals surface area contributed by atoms with Crippen LogP contribution in [0.15, 0.2) is 16.6 Å². The Morgan fingerprint density at radius 3 is 2.30 bits per heavy atom. The van der Waals surface area contributed by atoms with Crippen molar-refractivity contribution in [2.24, 2.45) is 0 Å². The Hall–Kier alpha value is -1.12. The molecule has 0 aliphatic heterocycles. The summed E-state index contributed by atoms with van der Waals surface area (Å²) >= 11 is 3.34. The summed E-state index contributed by atoms with van der Waals surface area (Å²) in [5.41, 5.74) is 2.08. The molecule has 0 aliphatic rings. The van der Waals surface area contributed by atoms with Crippen LogP contribution < -0.4 is 4.72 Å². The zero-order valence-corrected chi connectivity index (χ0v) is 13.9. The number of carboxylic acid groups (broad SMARTS) is 1. The second kappa shape index (κ2) is 6.55. The second-order valence-electron chi connectivity index (χ2n) is 4.49. The van der Waals surface area contributed by atoms with E-state index >= 15 is 0 Å². The van der Waals surface area contributed by atoms with Crippen molar-refractivity contribution in [3.8, 4) is 0 Å². The van der Waals surface area contributed by atoms with Crippen molar-refractivity contribution in [3.63, 3.8) is 0 Å². The van der Waals surface area contributed by atoms with Crippen molar-refractivity contribution in [1.82, 2.24) is 4.31 Å². The third-order valence-electron chi connectivity index (χ3n) is 2.78. The molecule has 0 radical (unpaired) electrons. The molecule has 1 aromatic rings. The molecule has 0 spiro atoms. The number of halogens is 1. The van der Waals surface area contributed by atoms with Gasteiger partial charge >= 0.3 is 16.2 Å². The molecule has 0 aromatic heterocycles. The first-order valence-corrected chi connectivity index (χ1v) is 8.09. The van der Waals surface area contributed by atoms with E-state index in [0.29, 0.717) is 5.69 Å². The molecule has 20 heavy (non-hydrogen) atoms. The minimum Gasteiger partial charge on any atom is -0.481 e. The van der Waals surface area contributed by atoms with Gasteiger partial charge in [0.15, 0.2) is 0 Å². The fourth-order valence-electron chi connectivity index (χ4n) is 1.65. The van der Waals surface area contributed by atoms with Crippen LogP contribution in [0.2, 0.25) is 0 Å². The number of anilines is 1. The Labute approximate surface area is 127 Å². The number of carbonyl (C=O) groups is 1. The molecular formula is C12H17BrN2O4S. The first-order chi connectivity index (χ1) is 9.13. The lowest BCUT2D eigenvalue weighted by Crippen LogP contribution is -2.34. The maximum Gasteiger partial charge on any atom is 0.304 e. The monoisotopic (exact) mass is 364 g/mol. The molecule has 0 amide bonds. The molecule has 0 unspecified atom stereocenters. The van der Waals surface area contributed by atoms with Gasteiger partial charge in [-0.2, -0.15) is 12.7 Å². The highest BCUT2D eigenvalue weighted by Gasteiger charge is 2.20. The van der Waals surface area contributed by atoms with E-state index in [1.54, 1.807) is 13.8 Å². The number of aliphatic carboxylic acids is 1. The van der Waals surface area contributed by atoms with Crippen molar-refractivity contribution in [2.45, 2.75) is 20.3 Å². The van der Waals surface area contributed by atoms with Crippen molar-refractivity contribution >= 4 is 37.8 Å². The molecular weight excluding hydrogens is 348 g/mol. The molecule has 0 saturated heterocycles. The number of nitrogens with one attached hydrogen (secondary N) is 1. The Balaban J connectivity index is 2.94. The van der Waals surface area contributed by atoms with Gasteiger partial charge in [-0.3, -0.25) is 9.52 Å². The largest absolute Gasteiger partial charge is 0.481 e. The third-order valence-corrected chi connectivity index (χ3v) is 4.70. The average molecular weight is 365 g/mol. The van der Waals surface area contributed by atoms with E-state index in [1.807, 2.05) is 12.1 Å². The van der Waals surface area contributed by atoms with Crippen molar-refractivity contribution < 1.29 is 18.3 Å². The minimum absolute atomic E-state index is 0.0840. The first-order valence-electron chi connectivity index (χ1n) is 5.86. The summed E-state index contributed by atoms with van der Waals surface area (Å²) in [5, 5.41) is 8.59. The van der Waals surface area contributed by atoms with Crippen LogP contribution in [0, 0.1) is 13.8 Å². The molecule has 6 nitrogen and oxygen atoms in total. The molecule has 0 atom stereocenters. The Morgan fingerprint density at radius 2 is 1.85 bits per heavy atom. The van der Waals surface area contributed by atoms with E-state index in [2.05, 4.69) is 20.7 Å². The van der Waals surface area contributed by atoms with Crippen molar-refractivity contribution in [2.75, 3.05) is 18.3 Å². The summed E-state index contributed by atoms with van der Waals surface area (Å²) in [6.45, 7) is 3.51. The fourth-order valence-corrected chi connectivity index (χ4v) is 3.41. The lowest BCUT2D eigenvalue weighted by molar-refractivity contribution is -0.137. The summed E-state index contributed by atoms with van der Waals surface area (Å²) in [6.07, 6.45) is -0.240. The zero-order chi connectivity index (χ0) is 15.5. The van der Waals surface area contributed by atoms with Crippen molar-refractivity contribution in [1.29, 1.82) is 0 Å². The van der Waals surface area contributed by atoms with E-state index in [9.17, 15) is 13.2 Å². The number of benzene rings is 1. The van der Waals surface area contributed by atoms with Gasteiger partial charge in [-0.25, -0.2) is 0 Å². The average Bonchev–Trinajstić information content (AvgIpc) is 2.30. The number of hydrogen-bond acceptors (Lipinski definition) is 3. The molecule has 2 N–H and O–H groups in total. The quantitative estimate of drug-likeness (QED) is 0.809. The van der Waals surface area contributed by atoms with E-state index in [-0.39, 0.29) is 13.0 Å². The van der Waals surface area contributed by atoms with Gasteiger partial charge < -0.3 is 5.11 Å². The first kappa shape index (κ1) is 16.9. The molecule has 1 aromatic carbocycles. The Morgan fingerprint density at radius 1 is 1.35 bits per heavy atom. The summed E-state index contributed by atoms with van der Waals surface area (Å²) in [7, 11) is -2.42. The predicted molar refractivity (Wildman–Crippen MR) is 81.0 cm³/mol. The van der Waals surface area contributed by atoms with Gasteiger partial charge in [0.2, 0.25) is 0 Å². The highest BCUT2D eigenvalue weighted by Crippen LogP contribution is 2.26. The molecule has 112 valence electrons. The molecule has 0 saturated carbocycles. The van der Waals surface area contributed by atoms with Crippen LogP contribution in [0.5, 0.6) is 0 Å². The van der Waals surface area contributed by atoms with Crippen LogP contribution in [-0.4, -0.2) is 37.4 Å². The summed E-state index contributed by atoms with van der Waals surface area (Å²) in [4.78, 5) is 10.5. The van der Waals surface area contributed by atoms with Crippen LogP contribution in [-0.2, 0) is 15.0 Å². The van der Waals surface area contributed by atoms with Gasteiger partial charge in [-0.05, 0) is 37.1 Å². The topological polar surface area (TPSA) is 86.7 Å². The number of nitrogens with zero attached hydrogens (tertiary/aromatic N) is 1. The molecule has 8 heteroatoms. The van der Waals surface area contributed by atoms with Crippen LogP contribution in [0.1, 0.15) is 17.5 Å². The highest BCUT2D eigenvalue weighted by molar-refractivity contribution is 9.10. The lowest BCUT2D eigenvalue weighted by atomic mass is 10.1. The van der Waals surface area contributed by atoms with Crippen LogP contribution in [0.3, 0.4) is 0 Å². The van der Waals surface area contributed by atoms with E-state index in [4.69, 9.17) is 5.11 Å². The van der Waals surface area contributed by atoms with Gasteiger partial charge in [0.25, 0.3) is 0 Å². The molecule has 0 bridgehead atoms. The Bertz CT molecular complexity index is 593. The normalized spacial score (nSPS) is 11.7. The summed E-state index contributed by atoms with van der Waals surface area (Å²) in [5.74, 6) is -1.04. The molecule has 0 aliphatic carbocycles. The Kier molecular flexibility index (Phi) is 5.55. The third kappa shape index (κ3) is 4.46. The number of carboxylic acids is 1. The van der Waals surface area contributed by atoms with Gasteiger partial charge in [0, 0.05) is 18.1 Å². The van der Waals surface area contributed by atoms with E-state index in [1.165, 1.54) is 7.05 Å². The van der Waals surface area contributed by atoms with Crippen LogP contribution in [0.4, 0.5) is 5.69 Å². The molecule has 1 rings (SSSR count). The maximum atomic E-state index is 12.1. The molecule has 0 fully saturated rings. The highest BCUT2D eigenvalue weighted by atomic mass is 79.9. The van der Waals surface area contributed by atoms with Gasteiger partial charge in [-0.15, -0.1) is 0 Å². The maximum absolute atomic E-state index is 12.1. The predicted octanol–water partition coefficient (Wildman–Crippen LogP) is 2.13. The smallest absolute Gasteiger partial charge is 0.304 e. The fraction of sp³-hybridized carbons (Fsp3) is 0.417. The van der Waals surface area contributed by atoms with Crippen LogP contribution in [0.25, 0.3) is 0 Å². The SMILES string of the molecule is Cc1cc(Br)cc(C)c1NS(=O)(=O)N(C)CCC(=O)O. The van der Waals surface area contributed by atoms with Gasteiger partial charge in [-0.1, -0.05) is 15.9 Å². The lowest BCUT2D eigenvalue weighted by Gasteiger charge is -2.20. The molecule has 0 heterocycles. The number of rotatable bonds is 6. The van der Waals surface area contributed by atoms with Crippen molar-refractivity contribution in [3.05, 3.63) is 27.7 Å². The second-order valence-corrected chi connectivity index (χ2v) is 7.18.